The van der Waals surface area contributed by atoms with Gasteiger partial charge in [0.25, 0.3) is 0 Å². The Kier molecular flexibility index (Phi) is 5.47. The third-order valence-corrected chi connectivity index (χ3v) is 6.89. The highest BCUT2D eigenvalue weighted by atomic mass is 15.3. The third kappa shape index (κ3) is 3.52. The van der Waals surface area contributed by atoms with Gasteiger partial charge in [-0.3, -0.25) is 9.80 Å². The van der Waals surface area contributed by atoms with E-state index in [0.717, 1.165) is 12.1 Å². The molecule has 0 aromatic heterocycles. The van der Waals surface area contributed by atoms with Gasteiger partial charge in [-0.05, 0) is 77.3 Å². The summed E-state index contributed by atoms with van der Waals surface area (Å²) in [7, 11) is 0. The normalized spacial score (nSPS) is 31.9. The Bertz CT molecular complexity index is 339. The first-order valence-corrected chi connectivity index (χ1v) is 9.84. The Balaban J connectivity index is 1.53. The molecule has 3 fully saturated rings. The molecule has 1 aliphatic carbocycles. The van der Waals surface area contributed by atoms with Crippen molar-refractivity contribution >= 4 is 0 Å². The molecule has 1 saturated carbocycles. The molecular weight excluding hydrogens is 270 g/mol. The van der Waals surface area contributed by atoms with Crippen LogP contribution in [0.3, 0.4) is 0 Å². The van der Waals surface area contributed by atoms with E-state index >= 15 is 0 Å². The number of hydrogen-bond donors (Lipinski definition) is 1. The van der Waals surface area contributed by atoms with Crippen LogP contribution in [0.15, 0.2) is 0 Å². The van der Waals surface area contributed by atoms with Crippen molar-refractivity contribution in [3.05, 3.63) is 0 Å². The molecule has 1 unspecified atom stereocenters. The second kappa shape index (κ2) is 7.19. The quantitative estimate of drug-likeness (QED) is 0.864. The molecule has 1 N–H and O–H groups in total. The standard InChI is InChI=1S/C19H37N3/c1-4-17-15-21(13-14-22(17)16(2)3)18-5-7-19(8-6-18)9-11-20-12-10-19/h16-18,20H,4-15H2,1-3H3. The second-order valence-electron chi connectivity index (χ2n) is 8.37. The number of nitrogens with one attached hydrogen (secondary N) is 1. The Morgan fingerprint density at radius 2 is 1.73 bits per heavy atom. The maximum Gasteiger partial charge on any atom is 0.0223 e. The average molecular weight is 308 g/mol. The maximum absolute atomic E-state index is 3.54. The molecule has 2 saturated heterocycles. The minimum absolute atomic E-state index is 0.705. The van der Waals surface area contributed by atoms with Crippen LogP contribution in [0.2, 0.25) is 0 Å². The molecule has 2 aliphatic heterocycles. The molecule has 0 bridgehead atoms. The molecule has 3 heteroatoms. The average Bonchev–Trinajstić information content (AvgIpc) is 2.55. The van der Waals surface area contributed by atoms with E-state index in [1.807, 2.05) is 0 Å². The van der Waals surface area contributed by atoms with Crippen molar-refractivity contribution in [3.63, 3.8) is 0 Å². The fourth-order valence-electron chi connectivity index (χ4n) is 5.31. The van der Waals surface area contributed by atoms with Crippen molar-refractivity contribution in [2.24, 2.45) is 5.41 Å². The van der Waals surface area contributed by atoms with Crippen LogP contribution >= 0.6 is 0 Å². The summed E-state index contributed by atoms with van der Waals surface area (Å²) < 4.78 is 0. The van der Waals surface area contributed by atoms with Crippen molar-refractivity contribution < 1.29 is 0 Å². The summed E-state index contributed by atoms with van der Waals surface area (Å²) >= 11 is 0. The van der Waals surface area contributed by atoms with Crippen LogP contribution in [0, 0.1) is 5.41 Å². The van der Waals surface area contributed by atoms with Gasteiger partial charge in [-0.25, -0.2) is 0 Å². The van der Waals surface area contributed by atoms with Gasteiger partial charge >= 0.3 is 0 Å². The topological polar surface area (TPSA) is 18.5 Å². The summed E-state index contributed by atoms with van der Waals surface area (Å²) in [6, 6.07) is 2.36. The fourth-order valence-corrected chi connectivity index (χ4v) is 5.31. The van der Waals surface area contributed by atoms with Gasteiger partial charge in [0, 0.05) is 37.8 Å². The van der Waals surface area contributed by atoms with Crippen LogP contribution in [0.4, 0.5) is 0 Å². The first-order chi connectivity index (χ1) is 10.6. The molecule has 3 aliphatic rings. The van der Waals surface area contributed by atoms with Gasteiger partial charge in [0.05, 0.1) is 0 Å². The number of piperazine rings is 1. The number of rotatable bonds is 3. The Morgan fingerprint density at radius 3 is 2.32 bits per heavy atom. The number of nitrogens with zero attached hydrogens (tertiary/aromatic N) is 2. The lowest BCUT2D eigenvalue weighted by Crippen LogP contribution is -2.58. The molecule has 22 heavy (non-hydrogen) atoms. The first-order valence-electron chi connectivity index (χ1n) is 9.84. The molecule has 0 aromatic rings. The van der Waals surface area contributed by atoms with Crippen molar-refractivity contribution in [1.29, 1.82) is 0 Å². The summed E-state index contributed by atoms with van der Waals surface area (Å²) in [6.45, 7) is 13.5. The zero-order valence-electron chi connectivity index (χ0n) is 15.1. The summed E-state index contributed by atoms with van der Waals surface area (Å²) in [6.07, 6.45) is 10.0. The molecule has 0 radical (unpaired) electrons. The van der Waals surface area contributed by atoms with Crippen molar-refractivity contribution in [2.75, 3.05) is 32.7 Å². The lowest BCUT2D eigenvalue weighted by atomic mass is 9.67. The smallest absolute Gasteiger partial charge is 0.0223 e. The predicted molar refractivity (Wildman–Crippen MR) is 94.3 cm³/mol. The molecule has 3 rings (SSSR count). The van der Waals surface area contributed by atoms with Crippen LogP contribution in [-0.2, 0) is 0 Å². The van der Waals surface area contributed by atoms with E-state index in [0.29, 0.717) is 11.5 Å². The molecular formula is C19H37N3. The van der Waals surface area contributed by atoms with E-state index < -0.39 is 0 Å². The van der Waals surface area contributed by atoms with Gasteiger partial charge in [-0.15, -0.1) is 0 Å². The molecule has 0 amide bonds. The SMILES string of the molecule is CCC1CN(C2CCC3(CCNCC3)CC2)CCN1C(C)C. The first kappa shape index (κ1) is 16.7. The lowest BCUT2D eigenvalue weighted by molar-refractivity contribution is -0.000484. The van der Waals surface area contributed by atoms with Crippen molar-refractivity contribution in [1.82, 2.24) is 15.1 Å². The van der Waals surface area contributed by atoms with E-state index in [1.165, 1.54) is 77.7 Å². The Labute approximate surface area is 137 Å². The van der Waals surface area contributed by atoms with Crippen LogP contribution in [0.5, 0.6) is 0 Å². The van der Waals surface area contributed by atoms with Crippen LogP contribution < -0.4 is 5.32 Å². The monoisotopic (exact) mass is 307 g/mol. The fraction of sp³-hybridized carbons (Fsp3) is 1.00. The molecule has 0 aromatic carbocycles. The summed E-state index contributed by atoms with van der Waals surface area (Å²) in [4.78, 5) is 5.58. The minimum atomic E-state index is 0.705. The number of hydrogen-bond acceptors (Lipinski definition) is 3. The molecule has 1 atom stereocenters. The third-order valence-electron chi connectivity index (χ3n) is 6.89. The Hall–Kier alpha value is -0.120. The van der Waals surface area contributed by atoms with Crippen molar-refractivity contribution in [2.45, 2.75) is 83.8 Å². The zero-order chi connectivity index (χ0) is 15.6. The molecule has 2 heterocycles. The van der Waals surface area contributed by atoms with Crippen LogP contribution in [-0.4, -0.2) is 60.6 Å². The van der Waals surface area contributed by atoms with Crippen LogP contribution in [0.25, 0.3) is 0 Å². The maximum atomic E-state index is 3.54. The largest absolute Gasteiger partial charge is 0.317 e. The van der Waals surface area contributed by atoms with E-state index in [-0.39, 0.29) is 0 Å². The number of piperidine rings is 1. The minimum Gasteiger partial charge on any atom is -0.317 e. The van der Waals surface area contributed by atoms with Crippen molar-refractivity contribution in [3.8, 4) is 0 Å². The van der Waals surface area contributed by atoms with E-state index in [4.69, 9.17) is 0 Å². The van der Waals surface area contributed by atoms with Gasteiger partial charge in [-0.2, -0.15) is 0 Å². The highest BCUT2D eigenvalue weighted by Gasteiger charge is 2.39. The lowest BCUT2D eigenvalue weighted by Gasteiger charge is -2.50. The molecule has 1 spiro atoms. The Morgan fingerprint density at radius 1 is 1.05 bits per heavy atom. The second-order valence-corrected chi connectivity index (χ2v) is 8.37. The van der Waals surface area contributed by atoms with Gasteiger partial charge in [-0.1, -0.05) is 6.92 Å². The summed E-state index contributed by atoms with van der Waals surface area (Å²) in [5.74, 6) is 0. The zero-order valence-corrected chi connectivity index (χ0v) is 15.1. The van der Waals surface area contributed by atoms with Gasteiger partial charge in [0.2, 0.25) is 0 Å². The predicted octanol–water partition coefficient (Wildman–Crippen LogP) is 3.10. The van der Waals surface area contributed by atoms with Gasteiger partial charge in [0.15, 0.2) is 0 Å². The van der Waals surface area contributed by atoms with Gasteiger partial charge in [0.1, 0.15) is 0 Å². The highest BCUT2D eigenvalue weighted by molar-refractivity contribution is 4.94. The molecule has 128 valence electrons. The summed E-state index contributed by atoms with van der Waals surface area (Å²) in [5.41, 5.74) is 0.714. The molecule has 3 nitrogen and oxygen atoms in total. The van der Waals surface area contributed by atoms with E-state index in [2.05, 4.69) is 35.9 Å². The van der Waals surface area contributed by atoms with E-state index in [9.17, 15) is 0 Å². The van der Waals surface area contributed by atoms with Gasteiger partial charge < -0.3 is 5.32 Å². The van der Waals surface area contributed by atoms with Crippen LogP contribution in [0.1, 0.15) is 65.7 Å². The summed E-state index contributed by atoms with van der Waals surface area (Å²) in [5, 5.41) is 3.54. The highest BCUT2D eigenvalue weighted by Crippen LogP contribution is 2.44. The van der Waals surface area contributed by atoms with E-state index in [1.54, 1.807) is 0 Å².